The molecule has 0 N–H and O–H groups in total. The average molecular weight is 275 g/mol. The number of halogens is 1. The Bertz CT molecular complexity index is 624. The van der Waals surface area contributed by atoms with Crippen LogP contribution in [0.4, 0.5) is 0 Å². The first-order valence-electron chi connectivity index (χ1n) is 6.42. The molecule has 1 aromatic heterocycles. The summed E-state index contributed by atoms with van der Waals surface area (Å²) in [6, 6.07) is 8.04. The van der Waals surface area contributed by atoms with Crippen LogP contribution < -0.4 is 4.74 Å². The van der Waals surface area contributed by atoms with Gasteiger partial charge in [0.2, 0.25) is 5.88 Å². The fraction of sp³-hybridized carbons (Fsp3) is 0.333. The van der Waals surface area contributed by atoms with Crippen molar-refractivity contribution in [3.05, 3.63) is 46.1 Å². The first-order valence-corrected chi connectivity index (χ1v) is 6.80. The van der Waals surface area contributed by atoms with Crippen molar-refractivity contribution in [2.45, 2.75) is 32.6 Å². The summed E-state index contributed by atoms with van der Waals surface area (Å²) >= 11 is 5.81. The highest BCUT2D eigenvalue weighted by atomic mass is 35.5. The summed E-state index contributed by atoms with van der Waals surface area (Å²) in [5.74, 6) is 2.08. The molecule has 1 fully saturated rings. The second kappa shape index (κ2) is 4.82. The van der Waals surface area contributed by atoms with E-state index in [0.29, 0.717) is 17.0 Å². The van der Waals surface area contributed by atoms with E-state index < -0.39 is 0 Å². The van der Waals surface area contributed by atoms with Crippen LogP contribution in [0, 0.1) is 13.8 Å². The Morgan fingerprint density at radius 1 is 1.16 bits per heavy atom. The lowest BCUT2D eigenvalue weighted by Gasteiger charge is -2.13. The van der Waals surface area contributed by atoms with Crippen LogP contribution in [0.1, 0.15) is 35.4 Å². The van der Waals surface area contributed by atoms with Gasteiger partial charge in [0.25, 0.3) is 0 Å². The minimum Gasteiger partial charge on any atom is -0.437 e. The molecular weight excluding hydrogens is 260 g/mol. The van der Waals surface area contributed by atoms with E-state index in [0.717, 1.165) is 16.9 Å². The summed E-state index contributed by atoms with van der Waals surface area (Å²) in [5, 5.41) is 8.26. The van der Waals surface area contributed by atoms with Crippen molar-refractivity contribution in [1.29, 1.82) is 0 Å². The number of hydrogen-bond donors (Lipinski definition) is 0. The van der Waals surface area contributed by atoms with E-state index in [-0.39, 0.29) is 0 Å². The summed E-state index contributed by atoms with van der Waals surface area (Å²) in [7, 11) is 0. The third-order valence-corrected chi connectivity index (χ3v) is 3.55. The molecule has 0 aliphatic heterocycles. The zero-order valence-electron chi connectivity index (χ0n) is 11.0. The molecule has 3 rings (SSSR count). The summed E-state index contributed by atoms with van der Waals surface area (Å²) in [6.07, 6.45) is 2.48. The van der Waals surface area contributed by atoms with Gasteiger partial charge in [-0.2, -0.15) is 0 Å². The van der Waals surface area contributed by atoms with Crippen molar-refractivity contribution in [2.24, 2.45) is 0 Å². The molecule has 1 aliphatic rings. The Balaban J connectivity index is 1.98. The molecule has 1 saturated carbocycles. The van der Waals surface area contributed by atoms with Crippen LogP contribution in [-0.4, -0.2) is 10.2 Å². The van der Waals surface area contributed by atoms with Crippen LogP contribution in [0.3, 0.4) is 0 Å². The zero-order chi connectivity index (χ0) is 13.4. The van der Waals surface area contributed by atoms with Crippen LogP contribution in [0.25, 0.3) is 0 Å². The monoisotopic (exact) mass is 274 g/mol. The second-order valence-corrected chi connectivity index (χ2v) is 5.41. The van der Waals surface area contributed by atoms with Crippen LogP contribution in [0.2, 0.25) is 5.15 Å². The van der Waals surface area contributed by atoms with E-state index in [4.69, 9.17) is 16.3 Å². The molecule has 4 heteroatoms. The zero-order valence-corrected chi connectivity index (χ0v) is 11.7. The maximum atomic E-state index is 6.00. The maximum Gasteiger partial charge on any atom is 0.241 e. The maximum absolute atomic E-state index is 6.00. The van der Waals surface area contributed by atoms with Gasteiger partial charge in [-0.05, 0) is 49.8 Å². The molecule has 0 atom stereocenters. The smallest absolute Gasteiger partial charge is 0.241 e. The molecule has 0 saturated heterocycles. The summed E-state index contributed by atoms with van der Waals surface area (Å²) < 4.78 is 6.00. The van der Waals surface area contributed by atoms with Gasteiger partial charge in [0, 0.05) is 5.56 Å². The van der Waals surface area contributed by atoms with Crippen molar-refractivity contribution in [3.63, 3.8) is 0 Å². The number of benzene rings is 1. The number of aromatic nitrogens is 2. The average Bonchev–Trinajstić information content (AvgIpc) is 3.19. The first-order chi connectivity index (χ1) is 9.15. The molecule has 0 amide bonds. The normalized spacial score (nSPS) is 14.5. The number of rotatable bonds is 3. The molecule has 1 heterocycles. The largest absolute Gasteiger partial charge is 0.437 e. The molecule has 1 aromatic carbocycles. The summed E-state index contributed by atoms with van der Waals surface area (Å²) in [5.41, 5.74) is 3.29. The van der Waals surface area contributed by atoms with Gasteiger partial charge in [-0.1, -0.05) is 29.8 Å². The molecule has 0 spiro atoms. The number of para-hydroxylation sites is 1. The van der Waals surface area contributed by atoms with Crippen molar-refractivity contribution >= 4 is 11.6 Å². The van der Waals surface area contributed by atoms with Crippen molar-refractivity contribution < 1.29 is 4.74 Å². The van der Waals surface area contributed by atoms with Gasteiger partial charge in [0.1, 0.15) is 5.75 Å². The Morgan fingerprint density at radius 3 is 2.63 bits per heavy atom. The van der Waals surface area contributed by atoms with Crippen LogP contribution in [0.15, 0.2) is 24.3 Å². The van der Waals surface area contributed by atoms with Crippen LogP contribution >= 0.6 is 11.6 Å². The Morgan fingerprint density at radius 2 is 1.95 bits per heavy atom. The minimum atomic E-state index is 0.386. The molecule has 2 aromatic rings. The van der Waals surface area contributed by atoms with Crippen molar-refractivity contribution in [3.8, 4) is 11.6 Å². The van der Waals surface area contributed by atoms with E-state index in [1.165, 1.54) is 18.4 Å². The van der Waals surface area contributed by atoms with Crippen LogP contribution in [-0.2, 0) is 0 Å². The quantitative estimate of drug-likeness (QED) is 0.831. The number of hydrogen-bond acceptors (Lipinski definition) is 3. The van der Waals surface area contributed by atoms with Crippen molar-refractivity contribution in [2.75, 3.05) is 0 Å². The van der Waals surface area contributed by atoms with Gasteiger partial charge in [-0.25, -0.2) is 0 Å². The molecule has 3 nitrogen and oxygen atoms in total. The molecule has 19 heavy (non-hydrogen) atoms. The lowest BCUT2D eigenvalue weighted by Crippen LogP contribution is -1.98. The third-order valence-electron chi connectivity index (χ3n) is 3.37. The highest BCUT2D eigenvalue weighted by Gasteiger charge is 2.27. The van der Waals surface area contributed by atoms with Gasteiger partial charge in [-0.15, -0.1) is 10.2 Å². The predicted molar refractivity (Wildman–Crippen MR) is 75.0 cm³/mol. The number of nitrogens with zero attached hydrogens (tertiary/aromatic N) is 2. The molecule has 0 radical (unpaired) electrons. The van der Waals surface area contributed by atoms with E-state index in [2.05, 4.69) is 35.3 Å². The fourth-order valence-electron chi connectivity index (χ4n) is 2.17. The Labute approximate surface area is 117 Å². The highest BCUT2D eigenvalue weighted by molar-refractivity contribution is 6.29. The van der Waals surface area contributed by atoms with E-state index >= 15 is 0 Å². The minimum absolute atomic E-state index is 0.386. The lowest BCUT2D eigenvalue weighted by atomic mass is 10.1. The van der Waals surface area contributed by atoms with Crippen molar-refractivity contribution in [1.82, 2.24) is 10.2 Å². The standard InChI is InChI=1S/C15H15ClN2O/c1-9-4-3-5-12(11-6-7-11)14(9)19-15-10(2)8-13(16)17-18-15/h3-5,8,11H,6-7H2,1-2H3. The predicted octanol–water partition coefficient (Wildman–Crippen LogP) is 4.42. The topological polar surface area (TPSA) is 35.0 Å². The fourth-order valence-corrected chi connectivity index (χ4v) is 2.37. The molecule has 0 unspecified atom stereocenters. The SMILES string of the molecule is Cc1cc(Cl)nnc1Oc1c(C)cccc1C1CC1. The number of ether oxygens (including phenoxy) is 1. The first kappa shape index (κ1) is 12.4. The lowest BCUT2D eigenvalue weighted by molar-refractivity contribution is 0.442. The van der Waals surface area contributed by atoms with E-state index in [1.54, 1.807) is 6.07 Å². The summed E-state index contributed by atoms with van der Waals surface area (Å²) in [6.45, 7) is 3.98. The Hall–Kier alpha value is -1.61. The third kappa shape index (κ3) is 2.56. The van der Waals surface area contributed by atoms with Gasteiger partial charge >= 0.3 is 0 Å². The summed E-state index contributed by atoms with van der Waals surface area (Å²) in [4.78, 5) is 0. The van der Waals surface area contributed by atoms with Gasteiger partial charge < -0.3 is 4.74 Å². The second-order valence-electron chi connectivity index (χ2n) is 5.02. The Kier molecular flexibility index (Phi) is 3.15. The molecule has 0 bridgehead atoms. The van der Waals surface area contributed by atoms with E-state index in [9.17, 15) is 0 Å². The van der Waals surface area contributed by atoms with Crippen LogP contribution in [0.5, 0.6) is 11.6 Å². The number of aryl methyl sites for hydroxylation is 2. The molecule has 98 valence electrons. The van der Waals surface area contributed by atoms with E-state index in [1.807, 2.05) is 6.92 Å². The van der Waals surface area contributed by atoms with Gasteiger partial charge in [0.05, 0.1) is 0 Å². The highest BCUT2D eigenvalue weighted by Crippen LogP contribution is 2.46. The molecule has 1 aliphatic carbocycles. The van der Waals surface area contributed by atoms with Gasteiger partial charge in [-0.3, -0.25) is 0 Å². The van der Waals surface area contributed by atoms with Gasteiger partial charge in [0.15, 0.2) is 5.15 Å². The molecular formula is C15H15ClN2O.